The molecule has 1 N–H and O–H groups in total. The minimum atomic E-state index is -1.36. The van der Waals surface area contributed by atoms with Crippen molar-refractivity contribution in [1.29, 1.82) is 0 Å². The Labute approximate surface area is 146 Å². The molecule has 2 aromatic carbocycles. The monoisotopic (exact) mass is 338 g/mol. The third-order valence-corrected chi connectivity index (χ3v) is 3.58. The fourth-order valence-corrected chi connectivity index (χ4v) is 2.40. The van der Waals surface area contributed by atoms with Crippen LogP contribution in [-0.4, -0.2) is 24.7 Å². The topological polar surface area (TPSA) is 78.5 Å². The van der Waals surface area contributed by atoms with E-state index >= 15 is 0 Å². The van der Waals surface area contributed by atoms with Gasteiger partial charge in [-0.1, -0.05) is 66.7 Å². The molecule has 1 atom stereocenters. The molecule has 0 bridgehead atoms. The molecule has 0 radical (unpaired) electrons. The normalized spacial score (nSPS) is 11.2. The van der Waals surface area contributed by atoms with Gasteiger partial charge < -0.3 is 20.0 Å². The van der Waals surface area contributed by atoms with Crippen molar-refractivity contribution in [1.82, 2.24) is 5.32 Å². The highest BCUT2D eigenvalue weighted by molar-refractivity contribution is 5.82. The molecule has 0 saturated heterocycles. The van der Waals surface area contributed by atoms with Gasteiger partial charge in [0, 0.05) is 0 Å². The maximum atomic E-state index is 11.5. The number of carbonyl (C=O) groups is 2. The summed E-state index contributed by atoms with van der Waals surface area (Å²) in [6.07, 6.45) is 1.10. The van der Waals surface area contributed by atoms with Crippen LogP contribution in [0.4, 0.5) is 4.79 Å². The Morgan fingerprint density at radius 2 is 1.56 bits per heavy atom. The summed E-state index contributed by atoms with van der Waals surface area (Å²) < 4.78 is 4.74. The maximum absolute atomic E-state index is 11.5. The number of hydrogen-bond donors (Lipinski definition) is 1. The van der Waals surface area contributed by atoms with Gasteiger partial charge in [0.15, 0.2) is 0 Å². The van der Waals surface area contributed by atoms with Crippen LogP contribution in [0.25, 0.3) is 5.57 Å². The van der Waals surface area contributed by atoms with Gasteiger partial charge in [0.25, 0.3) is 0 Å². The van der Waals surface area contributed by atoms with E-state index in [1.807, 2.05) is 60.7 Å². The highest BCUT2D eigenvalue weighted by Crippen LogP contribution is 2.24. The fraction of sp³-hybridized carbons (Fsp3) is 0.200. The second kappa shape index (κ2) is 9.27. The second-order valence-electron chi connectivity index (χ2n) is 5.32. The Hall–Kier alpha value is -3.08. The molecule has 0 aliphatic carbocycles. The van der Waals surface area contributed by atoms with Crippen LogP contribution >= 0.6 is 0 Å². The second-order valence-corrected chi connectivity index (χ2v) is 5.32. The summed E-state index contributed by atoms with van der Waals surface area (Å²) >= 11 is 0. The van der Waals surface area contributed by atoms with Crippen molar-refractivity contribution in [3.05, 3.63) is 77.9 Å². The number of ether oxygens (including phenoxy) is 1. The molecule has 5 nitrogen and oxygen atoms in total. The Balaban J connectivity index is 2.27. The lowest BCUT2D eigenvalue weighted by atomic mass is 9.96. The molecule has 2 aromatic rings. The van der Waals surface area contributed by atoms with Crippen LogP contribution in [0.3, 0.4) is 0 Å². The SMILES string of the molecule is CCOC(=O)NC(CC=C(c1ccccc1)c1ccccc1)C(=O)[O-]. The number of rotatable bonds is 7. The van der Waals surface area contributed by atoms with Crippen molar-refractivity contribution in [3.8, 4) is 0 Å². The first-order chi connectivity index (χ1) is 12.1. The van der Waals surface area contributed by atoms with Crippen molar-refractivity contribution < 1.29 is 19.4 Å². The molecule has 0 aliphatic heterocycles. The summed E-state index contributed by atoms with van der Waals surface area (Å²) in [6.45, 7) is 1.82. The van der Waals surface area contributed by atoms with Gasteiger partial charge in [-0.2, -0.15) is 0 Å². The van der Waals surface area contributed by atoms with Crippen molar-refractivity contribution >= 4 is 17.6 Å². The molecule has 5 heteroatoms. The molecule has 1 unspecified atom stereocenters. The first-order valence-corrected chi connectivity index (χ1v) is 8.07. The minimum absolute atomic E-state index is 0.0836. The zero-order chi connectivity index (χ0) is 18.1. The molecule has 0 spiro atoms. The van der Waals surface area contributed by atoms with E-state index in [0.29, 0.717) is 0 Å². The lowest BCUT2D eigenvalue weighted by Gasteiger charge is -2.18. The summed E-state index contributed by atoms with van der Waals surface area (Å²) in [6, 6.07) is 18.1. The van der Waals surface area contributed by atoms with Gasteiger partial charge in [-0.3, -0.25) is 0 Å². The molecule has 0 fully saturated rings. The van der Waals surface area contributed by atoms with E-state index in [0.717, 1.165) is 16.7 Å². The van der Waals surface area contributed by atoms with E-state index in [2.05, 4.69) is 5.32 Å². The number of alkyl carbamates (subject to hydrolysis) is 1. The van der Waals surface area contributed by atoms with Crippen LogP contribution in [0.15, 0.2) is 66.7 Å². The lowest BCUT2D eigenvalue weighted by Crippen LogP contribution is -2.47. The minimum Gasteiger partial charge on any atom is -0.548 e. The van der Waals surface area contributed by atoms with Crippen molar-refractivity contribution in [2.75, 3.05) is 6.61 Å². The zero-order valence-electron chi connectivity index (χ0n) is 14.0. The van der Waals surface area contributed by atoms with E-state index in [-0.39, 0.29) is 13.0 Å². The summed E-state index contributed by atoms with van der Waals surface area (Å²) in [7, 11) is 0. The lowest BCUT2D eigenvalue weighted by molar-refractivity contribution is -0.308. The van der Waals surface area contributed by atoms with Gasteiger partial charge in [0.1, 0.15) is 0 Å². The molecule has 0 aromatic heterocycles. The predicted octanol–water partition coefficient (Wildman–Crippen LogP) is 2.37. The molecular weight excluding hydrogens is 318 g/mol. The fourth-order valence-electron chi connectivity index (χ4n) is 2.40. The summed E-state index contributed by atoms with van der Waals surface area (Å²) in [5, 5.41) is 13.6. The third-order valence-electron chi connectivity index (χ3n) is 3.58. The van der Waals surface area contributed by atoms with Crippen molar-refractivity contribution in [2.24, 2.45) is 0 Å². The molecular formula is C20H20NO4-. The van der Waals surface area contributed by atoms with Gasteiger partial charge in [-0.25, -0.2) is 4.79 Å². The quantitative estimate of drug-likeness (QED) is 0.841. The Kier molecular flexibility index (Phi) is 6.77. The molecule has 25 heavy (non-hydrogen) atoms. The number of hydrogen-bond acceptors (Lipinski definition) is 4. The van der Waals surface area contributed by atoms with E-state index in [4.69, 9.17) is 4.74 Å². The first kappa shape index (κ1) is 18.3. The number of carbonyl (C=O) groups excluding carboxylic acids is 2. The number of nitrogens with one attached hydrogen (secondary N) is 1. The summed E-state index contributed by atoms with van der Waals surface area (Å²) in [4.78, 5) is 22.8. The van der Waals surface area contributed by atoms with Gasteiger partial charge in [0.2, 0.25) is 0 Å². The standard InChI is InChI=1S/C20H21NO4/c1-2-25-20(24)21-18(19(22)23)14-13-17(15-9-5-3-6-10-15)16-11-7-4-8-12-16/h3-13,18H,2,14H2,1H3,(H,21,24)(H,22,23)/p-1. The number of carboxylic acids is 1. The smallest absolute Gasteiger partial charge is 0.407 e. The predicted molar refractivity (Wildman–Crippen MR) is 93.5 cm³/mol. The largest absolute Gasteiger partial charge is 0.548 e. The van der Waals surface area contributed by atoms with E-state index in [1.165, 1.54) is 0 Å². The van der Waals surface area contributed by atoms with E-state index in [1.54, 1.807) is 13.0 Å². The van der Waals surface area contributed by atoms with Crippen LogP contribution in [-0.2, 0) is 9.53 Å². The summed E-state index contributed by atoms with van der Waals surface area (Å²) in [5.41, 5.74) is 2.81. The van der Waals surface area contributed by atoms with Crippen LogP contribution in [0.1, 0.15) is 24.5 Å². The molecule has 0 aliphatic rings. The van der Waals surface area contributed by atoms with Gasteiger partial charge in [-0.05, 0) is 30.0 Å². The van der Waals surface area contributed by atoms with Crippen LogP contribution in [0.5, 0.6) is 0 Å². The van der Waals surface area contributed by atoms with Crippen molar-refractivity contribution in [3.63, 3.8) is 0 Å². The molecule has 1 amide bonds. The van der Waals surface area contributed by atoms with Gasteiger partial charge in [-0.15, -0.1) is 0 Å². The average molecular weight is 338 g/mol. The number of carboxylic acid groups (broad SMARTS) is 1. The molecule has 0 heterocycles. The van der Waals surface area contributed by atoms with Crippen LogP contribution < -0.4 is 10.4 Å². The summed E-state index contributed by atoms with van der Waals surface area (Å²) in [5.74, 6) is -1.36. The van der Waals surface area contributed by atoms with Crippen molar-refractivity contribution in [2.45, 2.75) is 19.4 Å². The van der Waals surface area contributed by atoms with Crippen LogP contribution in [0.2, 0.25) is 0 Å². The Morgan fingerprint density at radius 1 is 1.04 bits per heavy atom. The highest BCUT2D eigenvalue weighted by Gasteiger charge is 2.14. The molecule has 130 valence electrons. The van der Waals surface area contributed by atoms with E-state index < -0.39 is 18.1 Å². The maximum Gasteiger partial charge on any atom is 0.407 e. The number of amides is 1. The van der Waals surface area contributed by atoms with Gasteiger partial charge in [0.05, 0.1) is 18.6 Å². The average Bonchev–Trinajstić information content (AvgIpc) is 2.63. The van der Waals surface area contributed by atoms with E-state index in [9.17, 15) is 14.7 Å². The number of aliphatic carboxylic acids is 1. The number of benzene rings is 2. The third kappa shape index (κ3) is 5.49. The molecule has 0 saturated carbocycles. The Morgan fingerprint density at radius 3 is 2.00 bits per heavy atom. The zero-order valence-corrected chi connectivity index (χ0v) is 14.0. The highest BCUT2D eigenvalue weighted by atomic mass is 16.5. The Bertz CT molecular complexity index is 684. The van der Waals surface area contributed by atoms with Crippen LogP contribution in [0, 0.1) is 0 Å². The first-order valence-electron chi connectivity index (χ1n) is 8.07. The molecule has 2 rings (SSSR count). The van der Waals surface area contributed by atoms with Gasteiger partial charge >= 0.3 is 6.09 Å².